The Kier molecular flexibility index (Phi) is 4.21. The summed E-state index contributed by atoms with van der Waals surface area (Å²) in [6.07, 6.45) is 5.13. The Hall–Kier alpha value is -3.08. The number of fused-ring (bicyclic) bond motifs is 1. The van der Waals surface area contributed by atoms with Crippen molar-refractivity contribution in [3.8, 4) is 17.1 Å². The average molecular weight is 329 g/mol. The second kappa shape index (κ2) is 6.81. The van der Waals surface area contributed by atoms with Crippen LogP contribution in [-0.4, -0.2) is 25.0 Å². The molecule has 0 radical (unpaired) electrons. The van der Waals surface area contributed by atoms with Crippen LogP contribution in [0.25, 0.3) is 28.1 Å². The number of aromatic nitrogens is 5. The largest absolute Gasteiger partial charge is 0.242 e. The summed E-state index contributed by atoms with van der Waals surface area (Å²) in [5.41, 5.74) is 4.53. The van der Waals surface area contributed by atoms with Crippen molar-refractivity contribution in [3.63, 3.8) is 0 Å². The summed E-state index contributed by atoms with van der Waals surface area (Å²) in [6, 6.07) is 18.0. The molecule has 4 rings (SSSR count). The minimum absolute atomic E-state index is 0.708. The van der Waals surface area contributed by atoms with Crippen LogP contribution in [0.4, 0.5) is 0 Å². The van der Waals surface area contributed by atoms with E-state index in [1.165, 1.54) is 0 Å². The summed E-state index contributed by atoms with van der Waals surface area (Å²) in [5, 5.41) is 8.59. The number of hydrogen-bond acceptors (Lipinski definition) is 4. The molecule has 0 aliphatic rings. The Morgan fingerprint density at radius 1 is 0.880 bits per heavy atom. The molecule has 0 bridgehead atoms. The highest BCUT2D eigenvalue weighted by atomic mass is 15.4. The first kappa shape index (κ1) is 15.4. The van der Waals surface area contributed by atoms with Gasteiger partial charge in [0.2, 0.25) is 0 Å². The van der Waals surface area contributed by atoms with Gasteiger partial charge in [-0.15, -0.1) is 5.10 Å². The molecule has 0 fully saturated rings. The van der Waals surface area contributed by atoms with Crippen LogP contribution in [0.3, 0.4) is 0 Å². The van der Waals surface area contributed by atoms with Crippen LogP contribution in [-0.2, 0) is 6.42 Å². The van der Waals surface area contributed by atoms with Gasteiger partial charge in [0.25, 0.3) is 0 Å². The lowest BCUT2D eigenvalue weighted by atomic mass is 10.1. The fraction of sp³-hybridized carbons (Fsp3) is 0.200. The standard InChI is InChI=1S/C20H19N5/c1-2-3-11-16-14-25(24-23-16)20-19(15-9-5-4-6-10-15)21-17-12-7-8-13-18(17)22-20/h4-10,12-14H,2-3,11H2,1H3. The zero-order valence-corrected chi connectivity index (χ0v) is 14.1. The Balaban J connectivity index is 1.87. The minimum Gasteiger partial charge on any atom is -0.242 e. The molecule has 0 amide bonds. The monoisotopic (exact) mass is 329 g/mol. The minimum atomic E-state index is 0.708. The van der Waals surface area contributed by atoms with Crippen molar-refractivity contribution in [1.82, 2.24) is 25.0 Å². The van der Waals surface area contributed by atoms with Gasteiger partial charge in [-0.2, -0.15) is 4.68 Å². The Labute approximate surface area is 146 Å². The number of rotatable bonds is 5. The van der Waals surface area contributed by atoms with Crippen LogP contribution in [0.5, 0.6) is 0 Å². The van der Waals surface area contributed by atoms with Gasteiger partial charge in [-0.05, 0) is 25.0 Å². The number of nitrogens with zero attached hydrogens (tertiary/aromatic N) is 5. The maximum Gasteiger partial charge on any atom is 0.182 e. The molecule has 5 heteroatoms. The van der Waals surface area contributed by atoms with Gasteiger partial charge in [0, 0.05) is 5.56 Å². The Bertz CT molecular complexity index is 991. The van der Waals surface area contributed by atoms with E-state index in [2.05, 4.69) is 17.2 Å². The Morgan fingerprint density at radius 3 is 2.36 bits per heavy atom. The summed E-state index contributed by atoms with van der Waals surface area (Å²) in [6.45, 7) is 2.17. The highest BCUT2D eigenvalue weighted by molar-refractivity contribution is 5.80. The van der Waals surface area contributed by atoms with Gasteiger partial charge >= 0.3 is 0 Å². The molecule has 124 valence electrons. The predicted octanol–water partition coefficient (Wildman–Crippen LogP) is 4.22. The lowest BCUT2D eigenvalue weighted by Gasteiger charge is -2.09. The van der Waals surface area contributed by atoms with Gasteiger partial charge in [-0.1, -0.05) is 61.0 Å². The van der Waals surface area contributed by atoms with E-state index >= 15 is 0 Å². The number of para-hydroxylation sites is 2. The lowest BCUT2D eigenvalue weighted by Crippen LogP contribution is -2.04. The molecule has 0 aliphatic heterocycles. The van der Waals surface area contributed by atoms with E-state index in [0.29, 0.717) is 5.82 Å². The molecule has 0 saturated heterocycles. The number of aryl methyl sites for hydroxylation is 1. The summed E-state index contributed by atoms with van der Waals surface area (Å²) >= 11 is 0. The van der Waals surface area contributed by atoms with Gasteiger partial charge in [-0.3, -0.25) is 0 Å². The van der Waals surface area contributed by atoms with E-state index in [4.69, 9.17) is 9.97 Å². The number of unbranched alkanes of at least 4 members (excludes halogenated alkanes) is 1. The van der Waals surface area contributed by atoms with Gasteiger partial charge in [0.1, 0.15) is 5.69 Å². The topological polar surface area (TPSA) is 56.5 Å². The molecule has 2 aromatic heterocycles. The summed E-state index contributed by atoms with van der Waals surface area (Å²) in [7, 11) is 0. The van der Waals surface area contributed by atoms with Gasteiger partial charge in [0.05, 0.1) is 22.9 Å². The van der Waals surface area contributed by atoms with E-state index in [-0.39, 0.29) is 0 Å². The van der Waals surface area contributed by atoms with Crippen LogP contribution in [0.2, 0.25) is 0 Å². The zero-order valence-electron chi connectivity index (χ0n) is 14.1. The number of benzene rings is 2. The zero-order chi connectivity index (χ0) is 17.1. The van der Waals surface area contributed by atoms with Crippen molar-refractivity contribution in [3.05, 3.63) is 66.5 Å². The molecular formula is C20H19N5. The SMILES string of the molecule is CCCCc1cn(-c2nc3ccccc3nc2-c2ccccc2)nn1. The van der Waals surface area contributed by atoms with E-state index in [1.807, 2.05) is 60.8 Å². The molecule has 0 saturated carbocycles. The maximum atomic E-state index is 4.84. The Morgan fingerprint density at radius 2 is 1.60 bits per heavy atom. The second-order valence-corrected chi connectivity index (χ2v) is 6.01. The molecule has 4 aromatic rings. The average Bonchev–Trinajstić information content (AvgIpc) is 3.15. The first-order valence-electron chi connectivity index (χ1n) is 8.59. The fourth-order valence-electron chi connectivity index (χ4n) is 2.81. The highest BCUT2D eigenvalue weighted by Crippen LogP contribution is 2.25. The van der Waals surface area contributed by atoms with Crippen LogP contribution in [0.1, 0.15) is 25.5 Å². The molecule has 0 aliphatic carbocycles. The number of hydrogen-bond donors (Lipinski definition) is 0. The molecule has 5 nitrogen and oxygen atoms in total. The van der Waals surface area contributed by atoms with Crippen molar-refractivity contribution < 1.29 is 0 Å². The molecule has 0 atom stereocenters. The van der Waals surface area contributed by atoms with Crippen LogP contribution >= 0.6 is 0 Å². The summed E-state index contributed by atoms with van der Waals surface area (Å²) < 4.78 is 1.74. The van der Waals surface area contributed by atoms with Crippen molar-refractivity contribution in [1.29, 1.82) is 0 Å². The molecule has 0 spiro atoms. The third kappa shape index (κ3) is 3.13. The first-order valence-corrected chi connectivity index (χ1v) is 8.59. The van der Waals surface area contributed by atoms with Crippen LogP contribution in [0, 0.1) is 0 Å². The molecule has 0 N–H and O–H groups in total. The summed E-state index contributed by atoms with van der Waals surface area (Å²) in [5.74, 6) is 0.708. The highest BCUT2D eigenvalue weighted by Gasteiger charge is 2.14. The first-order chi connectivity index (χ1) is 12.3. The van der Waals surface area contributed by atoms with Gasteiger partial charge in [0.15, 0.2) is 5.82 Å². The van der Waals surface area contributed by atoms with Crippen LogP contribution in [0.15, 0.2) is 60.8 Å². The molecule has 0 unspecified atom stereocenters. The molecular weight excluding hydrogens is 310 g/mol. The third-order valence-corrected chi connectivity index (χ3v) is 4.14. The van der Waals surface area contributed by atoms with E-state index in [9.17, 15) is 0 Å². The molecule has 2 aromatic carbocycles. The van der Waals surface area contributed by atoms with E-state index < -0.39 is 0 Å². The van der Waals surface area contributed by atoms with Crippen molar-refractivity contribution in [2.24, 2.45) is 0 Å². The van der Waals surface area contributed by atoms with Crippen molar-refractivity contribution in [2.75, 3.05) is 0 Å². The lowest BCUT2D eigenvalue weighted by molar-refractivity contribution is 0.756. The maximum absolute atomic E-state index is 4.84. The van der Waals surface area contributed by atoms with Gasteiger partial charge < -0.3 is 0 Å². The van der Waals surface area contributed by atoms with E-state index in [1.54, 1.807) is 4.68 Å². The van der Waals surface area contributed by atoms with Crippen LogP contribution < -0.4 is 0 Å². The quantitative estimate of drug-likeness (QED) is 0.550. The second-order valence-electron chi connectivity index (χ2n) is 6.01. The smallest absolute Gasteiger partial charge is 0.182 e. The van der Waals surface area contributed by atoms with Crippen molar-refractivity contribution >= 4 is 11.0 Å². The summed E-state index contributed by atoms with van der Waals surface area (Å²) in [4.78, 5) is 9.66. The molecule has 25 heavy (non-hydrogen) atoms. The van der Waals surface area contributed by atoms with E-state index in [0.717, 1.165) is 47.2 Å². The normalized spacial score (nSPS) is 11.1. The predicted molar refractivity (Wildman–Crippen MR) is 98.5 cm³/mol. The third-order valence-electron chi connectivity index (χ3n) is 4.14. The molecule has 2 heterocycles. The van der Waals surface area contributed by atoms with Gasteiger partial charge in [-0.25, -0.2) is 9.97 Å². The fourth-order valence-corrected chi connectivity index (χ4v) is 2.81. The van der Waals surface area contributed by atoms with Crippen molar-refractivity contribution in [2.45, 2.75) is 26.2 Å².